The van der Waals surface area contributed by atoms with Crippen LogP contribution >= 0.6 is 23.4 Å². The maximum atomic E-state index is 12.7. The van der Waals surface area contributed by atoms with Crippen LogP contribution in [0.1, 0.15) is 5.56 Å². The number of nitrogens with one attached hydrogen (secondary N) is 1. The van der Waals surface area contributed by atoms with Crippen LogP contribution in [0.25, 0.3) is 0 Å². The van der Waals surface area contributed by atoms with Gasteiger partial charge >= 0.3 is 0 Å². The van der Waals surface area contributed by atoms with Crippen molar-refractivity contribution in [3.05, 3.63) is 58.9 Å². The van der Waals surface area contributed by atoms with Gasteiger partial charge in [0.15, 0.2) is 0 Å². The second-order valence-corrected chi connectivity index (χ2v) is 5.83. The van der Waals surface area contributed by atoms with E-state index in [-0.39, 0.29) is 17.5 Å². The molecule has 0 bridgehead atoms. The van der Waals surface area contributed by atoms with E-state index in [2.05, 4.69) is 5.32 Å². The molecule has 110 valence electrons. The first kappa shape index (κ1) is 15.7. The average molecular weight is 325 g/mol. The van der Waals surface area contributed by atoms with Crippen molar-refractivity contribution in [3.63, 3.8) is 0 Å². The Kier molecular flexibility index (Phi) is 5.47. The Balaban J connectivity index is 1.79. The second-order valence-electron chi connectivity index (χ2n) is 4.38. The monoisotopic (exact) mass is 324 g/mol. The minimum Gasteiger partial charge on any atom is -0.398 e. The molecule has 0 aliphatic heterocycles. The molecule has 0 atom stereocenters. The number of nitrogens with two attached hydrogens (primary N) is 1. The van der Waals surface area contributed by atoms with Crippen LogP contribution in [0.5, 0.6) is 0 Å². The molecule has 0 unspecified atom stereocenters. The Morgan fingerprint density at radius 2 is 1.95 bits per heavy atom. The van der Waals surface area contributed by atoms with E-state index in [9.17, 15) is 9.18 Å². The summed E-state index contributed by atoms with van der Waals surface area (Å²) in [5.41, 5.74) is 6.99. The van der Waals surface area contributed by atoms with Crippen LogP contribution in [0.15, 0.2) is 47.4 Å². The van der Waals surface area contributed by atoms with Crippen molar-refractivity contribution < 1.29 is 9.18 Å². The van der Waals surface area contributed by atoms with Gasteiger partial charge in [0.25, 0.3) is 0 Å². The Hall–Kier alpha value is -1.72. The maximum absolute atomic E-state index is 12.7. The minimum atomic E-state index is -0.291. The molecular weight excluding hydrogens is 311 g/mol. The van der Waals surface area contributed by atoms with Crippen molar-refractivity contribution >= 4 is 35.0 Å². The fourth-order valence-corrected chi connectivity index (χ4v) is 2.61. The average Bonchev–Trinajstić information content (AvgIpc) is 2.48. The third-order valence-corrected chi connectivity index (χ3v) is 4.07. The quantitative estimate of drug-likeness (QED) is 0.654. The Morgan fingerprint density at radius 1 is 1.24 bits per heavy atom. The number of benzene rings is 2. The van der Waals surface area contributed by atoms with Crippen molar-refractivity contribution in [1.82, 2.24) is 5.32 Å². The number of carbonyl (C=O) groups excluding carboxylic acids is 1. The highest BCUT2D eigenvalue weighted by atomic mass is 35.5. The number of hydrogen-bond donors (Lipinski definition) is 2. The van der Waals surface area contributed by atoms with Crippen LogP contribution in [0.2, 0.25) is 5.02 Å². The molecule has 0 heterocycles. The lowest BCUT2D eigenvalue weighted by atomic mass is 10.2. The third kappa shape index (κ3) is 4.95. The largest absolute Gasteiger partial charge is 0.398 e. The van der Waals surface area contributed by atoms with Gasteiger partial charge in [-0.05, 0) is 35.9 Å². The van der Waals surface area contributed by atoms with E-state index in [1.165, 1.54) is 23.9 Å². The van der Waals surface area contributed by atoms with Gasteiger partial charge in [0.2, 0.25) is 5.91 Å². The first-order valence-corrected chi connectivity index (χ1v) is 7.60. The minimum absolute atomic E-state index is 0.0997. The van der Waals surface area contributed by atoms with Crippen molar-refractivity contribution in [2.75, 3.05) is 11.5 Å². The van der Waals surface area contributed by atoms with Gasteiger partial charge in [-0.1, -0.05) is 23.7 Å². The van der Waals surface area contributed by atoms with Gasteiger partial charge in [-0.3, -0.25) is 4.79 Å². The zero-order valence-corrected chi connectivity index (χ0v) is 12.7. The molecule has 2 aromatic rings. The number of carbonyl (C=O) groups is 1. The van der Waals surface area contributed by atoms with Crippen LogP contribution < -0.4 is 11.1 Å². The van der Waals surface area contributed by atoms with Gasteiger partial charge in [0.1, 0.15) is 5.82 Å². The summed E-state index contributed by atoms with van der Waals surface area (Å²) in [6.45, 7) is 0.377. The number of halogens is 2. The van der Waals surface area contributed by atoms with Crippen molar-refractivity contribution in [2.45, 2.75) is 11.4 Å². The fraction of sp³-hybridized carbons (Fsp3) is 0.133. The van der Waals surface area contributed by atoms with Crippen LogP contribution in [0, 0.1) is 5.82 Å². The summed E-state index contributed by atoms with van der Waals surface area (Å²) in [6, 6.07) is 11.3. The molecule has 21 heavy (non-hydrogen) atoms. The van der Waals surface area contributed by atoms with Crippen LogP contribution in [0.4, 0.5) is 10.1 Å². The first-order chi connectivity index (χ1) is 10.0. The number of thioether (sulfide) groups is 1. The van der Waals surface area contributed by atoms with E-state index in [4.69, 9.17) is 17.3 Å². The molecule has 0 aromatic heterocycles. The van der Waals surface area contributed by atoms with Gasteiger partial charge in [-0.25, -0.2) is 4.39 Å². The molecule has 6 heteroatoms. The van der Waals surface area contributed by atoms with E-state index in [1.54, 1.807) is 24.3 Å². The smallest absolute Gasteiger partial charge is 0.230 e. The van der Waals surface area contributed by atoms with Crippen LogP contribution in [-0.4, -0.2) is 11.7 Å². The Labute approximate surface area is 131 Å². The summed E-state index contributed by atoms with van der Waals surface area (Å²) >= 11 is 7.29. The lowest BCUT2D eigenvalue weighted by Crippen LogP contribution is -2.24. The molecule has 1 amide bonds. The predicted octanol–water partition coefficient (Wildman–Crippen LogP) is 3.47. The summed E-state index contributed by atoms with van der Waals surface area (Å²) < 4.78 is 12.7. The number of rotatable bonds is 5. The van der Waals surface area contributed by atoms with Crippen LogP contribution in [-0.2, 0) is 11.3 Å². The highest BCUT2D eigenvalue weighted by Crippen LogP contribution is 2.26. The summed E-state index contributed by atoms with van der Waals surface area (Å²) in [4.78, 5) is 12.6. The fourth-order valence-electron chi connectivity index (χ4n) is 1.60. The number of amides is 1. The zero-order valence-electron chi connectivity index (χ0n) is 11.1. The summed E-state index contributed by atoms with van der Waals surface area (Å²) in [5.74, 6) is -0.111. The summed E-state index contributed by atoms with van der Waals surface area (Å²) in [7, 11) is 0. The first-order valence-electron chi connectivity index (χ1n) is 6.23. The standard InChI is InChI=1S/C15H14ClFN2OS/c16-13-7-12(5-6-14(13)18)21-9-15(20)19-8-10-1-3-11(17)4-2-10/h1-7H,8-9,18H2,(H,19,20). The molecule has 2 aromatic carbocycles. The third-order valence-electron chi connectivity index (χ3n) is 2.74. The highest BCUT2D eigenvalue weighted by molar-refractivity contribution is 8.00. The molecular formula is C15H14ClFN2OS. The molecule has 0 saturated carbocycles. The van der Waals surface area contributed by atoms with Crippen molar-refractivity contribution in [1.29, 1.82) is 0 Å². The molecule has 0 spiro atoms. The van der Waals surface area contributed by atoms with E-state index < -0.39 is 0 Å². The van der Waals surface area contributed by atoms with Crippen molar-refractivity contribution in [2.24, 2.45) is 0 Å². The SMILES string of the molecule is Nc1ccc(SCC(=O)NCc2ccc(F)cc2)cc1Cl. The number of anilines is 1. The molecule has 0 aliphatic rings. The summed E-state index contributed by atoms with van der Waals surface area (Å²) in [6.07, 6.45) is 0. The molecule has 0 aliphatic carbocycles. The molecule has 0 fully saturated rings. The van der Waals surface area contributed by atoms with Gasteiger partial charge in [0, 0.05) is 11.4 Å². The predicted molar refractivity (Wildman–Crippen MR) is 84.8 cm³/mol. The van der Waals surface area contributed by atoms with Gasteiger partial charge in [-0.15, -0.1) is 11.8 Å². The second kappa shape index (κ2) is 7.33. The van der Waals surface area contributed by atoms with Crippen molar-refractivity contribution in [3.8, 4) is 0 Å². The lowest BCUT2D eigenvalue weighted by molar-refractivity contribution is -0.118. The molecule has 0 radical (unpaired) electrons. The number of hydrogen-bond acceptors (Lipinski definition) is 3. The Morgan fingerprint density at radius 3 is 2.62 bits per heavy atom. The van der Waals surface area contributed by atoms with E-state index in [0.717, 1.165) is 10.5 Å². The normalized spacial score (nSPS) is 10.4. The van der Waals surface area contributed by atoms with E-state index >= 15 is 0 Å². The molecule has 0 saturated heterocycles. The van der Waals surface area contributed by atoms with Gasteiger partial charge in [-0.2, -0.15) is 0 Å². The molecule has 2 rings (SSSR count). The topological polar surface area (TPSA) is 55.1 Å². The van der Waals surface area contributed by atoms with E-state index in [0.29, 0.717) is 17.3 Å². The van der Waals surface area contributed by atoms with Gasteiger partial charge in [0.05, 0.1) is 16.5 Å². The Bertz CT molecular complexity index is 634. The van der Waals surface area contributed by atoms with E-state index in [1.807, 2.05) is 6.07 Å². The van der Waals surface area contributed by atoms with Crippen LogP contribution in [0.3, 0.4) is 0 Å². The lowest BCUT2D eigenvalue weighted by Gasteiger charge is -2.06. The van der Waals surface area contributed by atoms with Gasteiger partial charge < -0.3 is 11.1 Å². The summed E-state index contributed by atoms with van der Waals surface area (Å²) in [5, 5.41) is 3.25. The highest BCUT2D eigenvalue weighted by Gasteiger charge is 2.05. The maximum Gasteiger partial charge on any atom is 0.230 e. The molecule has 3 N–H and O–H groups in total. The number of nitrogen functional groups attached to an aromatic ring is 1. The zero-order chi connectivity index (χ0) is 15.2. The molecule has 3 nitrogen and oxygen atoms in total.